The highest BCUT2D eigenvalue weighted by molar-refractivity contribution is 7.88. The molecule has 8 nitrogen and oxygen atoms in total. The molecule has 24 heavy (non-hydrogen) atoms. The Labute approximate surface area is 140 Å². The largest absolute Gasteiger partial charge is 0.338 e. The fourth-order valence-corrected chi connectivity index (χ4v) is 3.77. The summed E-state index contributed by atoms with van der Waals surface area (Å²) >= 11 is 0. The van der Waals surface area contributed by atoms with Crippen LogP contribution in [0.3, 0.4) is 0 Å². The van der Waals surface area contributed by atoms with Crippen LogP contribution in [0, 0.1) is 6.92 Å². The van der Waals surface area contributed by atoms with Gasteiger partial charge in [0.15, 0.2) is 5.65 Å². The van der Waals surface area contributed by atoms with E-state index in [-0.39, 0.29) is 11.9 Å². The molecule has 0 radical (unpaired) electrons. The van der Waals surface area contributed by atoms with Gasteiger partial charge in [0.05, 0.1) is 11.8 Å². The highest BCUT2D eigenvalue weighted by Gasteiger charge is 2.29. The quantitative estimate of drug-likeness (QED) is 0.880. The molecule has 1 fully saturated rings. The SMILES string of the molecule is Cc1[nH]nc2ncc(C(=O)N3CCC(N(C)S(C)(=O)=O)CC3)cc12. The van der Waals surface area contributed by atoms with Crippen molar-refractivity contribution in [3.05, 3.63) is 23.5 Å². The molecule has 3 rings (SSSR count). The van der Waals surface area contributed by atoms with E-state index in [9.17, 15) is 13.2 Å². The predicted octanol–water partition coefficient (Wildman–Crippen LogP) is 0.762. The van der Waals surface area contributed by atoms with Crippen LogP contribution in [-0.4, -0.2) is 71.1 Å². The first kappa shape index (κ1) is 16.8. The Morgan fingerprint density at radius 3 is 2.67 bits per heavy atom. The summed E-state index contributed by atoms with van der Waals surface area (Å²) in [5, 5.41) is 7.76. The molecule has 0 spiro atoms. The molecule has 0 saturated carbocycles. The van der Waals surface area contributed by atoms with Crippen molar-refractivity contribution in [1.29, 1.82) is 0 Å². The van der Waals surface area contributed by atoms with Crippen LogP contribution < -0.4 is 0 Å². The second-order valence-corrected chi connectivity index (χ2v) is 8.29. The standard InChI is InChI=1S/C15H21N5O3S/c1-10-13-8-11(9-16-14(13)18-17-10)15(21)20-6-4-12(5-7-20)19(2)24(3,22)23/h8-9,12H,4-7H2,1-3H3,(H,16,17,18). The third-order valence-corrected chi connectivity index (χ3v) is 5.98. The van der Waals surface area contributed by atoms with Gasteiger partial charge >= 0.3 is 0 Å². The summed E-state index contributed by atoms with van der Waals surface area (Å²) in [4.78, 5) is 18.6. The summed E-state index contributed by atoms with van der Waals surface area (Å²) in [5.41, 5.74) is 2.00. The smallest absolute Gasteiger partial charge is 0.255 e. The van der Waals surface area contributed by atoms with E-state index in [0.717, 1.165) is 11.1 Å². The Kier molecular flexibility index (Phi) is 4.31. The van der Waals surface area contributed by atoms with Crippen molar-refractivity contribution in [3.8, 4) is 0 Å². The fourth-order valence-electron chi connectivity index (χ4n) is 3.02. The van der Waals surface area contributed by atoms with Crippen LogP contribution in [0.15, 0.2) is 12.3 Å². The van der Waals surface area contributed by atoms with Gasteiger partial charge in [-0.15, -0.1) is 0 Å². The molecular weight excluding hydrogens is 330 g/mol. The van der Waals surface area contributed by atoms with Gasteiger partial charge in [0, 0.05) is 43.5 Å². The molecule has 2 aromatic heterocycles. The van der Waals surface area contributed by atoms with E-state index in [2.05, 4.69) is 15.2 Å². The Bertz CT molecular complexity index is 868. The number of amides is 1. The topological polar surface area (TPSA) is 99.3 Å². The number of rotatable bonds is 3. The number of sulfonamides is 1. The predicted molar refractivity (Wildman–Crippen MR) is 90.2 cm³/mol. The van der Waals surface area contributed by atoms with E-state index < -0.39 is 10.0 Å². The van der Waals surface area contributed by atoms with Gasteiger partial charge < -0.3 is 4.90 Å². The lowest BCUT2D eigenvalue weighted by atomic mass is 10.0. The number of aryl methyl sites for hydroxylation is 1. The van der Waals surface area contributed by atoms with Crippen molar-refractivity contribution in [1.82, 2.24) is 24.4 Å². The minimum atomic E-state index is -3.21. The normalized spacial score (nSPS) is 16.9. The van der Waals surface area contributed by atoms with E-state index in [4.69, 9.17) is 0 Å². The van der Waals surface area contributed by atoms with Crippen molar-refractivity contribution in [2.45, 2.75) is 25.8 Å². The molecule has 1 saturated heterocycles. The summed E-state index contributed by atoms with van der Waals surface area (Å²) in [6, 6.07) is 1.75. The van der Waals surface area contributed by atoms with Crippen LogP contribution in [0.5, 0.6) is 0 Å². The van der Waals surface area contributed by atoms with Crippen LogP contribution in [0.1, 0.15) is 28.9 Å². The second kappa shape index (κ2) is 6.14. The third-order valence-electron chi connectivity index (χ3n) is 4.64. The minimum absolute atomic E-state index is 0.0548. The summed E-state index contributed by atoms with van der Waals surface area (Å²) in [6.45, 7) is 2.95. The Balaban J connectivity index is 1.71. The number of H-pyrrole nitrogens is 1. The number of carbonyl (C=O) groups excluding carboxylic acids is 1. The van der Waals surface area contributed by atoms with Gasteiger partial charge in [-0.25, -0.2) is 17.7 Å². The number of aromatic amines is 1. The lowest BCUT2D eigenvalue weighted by molar-refractivity contribution is 0.0686. The van der Waals surface area contributed by atoms with E-state index in [1.807, 2.05) is 6.92 Å². The number of hydrogen-bond donors (Lipinski definition) is 1. The molecule has 0 unspecified atom stereocenters. The molecule has 0 aliphatic carbocycles. The molecule has 0 atom stereocenters. The van der Waals surface area contributed by atoms with Gasteiger partial charge in [0.25, 0.3) is 5.91 Å². The van der Waals surface area contributed by atoms with Crippen LogP contribution >= 0.6 is 0 Å². The lowest BCUT2D eigenvalue weighted by Gasteiger charge is -2.35. The molecule has 2 aromatic rings. The van der Waals surface area contributed by atoms with Gasteiger partial charge in [0.2, 0.25) is 10.0 Å². The summed E-state index contributed by atoms with van der Waals surface area (Å²) in [6.07, 6.45) is 4.02. The fraction of sp³-hybridized carbons (Fsp3) is 0.533. The lowest BCUT2D eigenvalue weighted by Crippen LogP contribution is -2.47. The molecule has 1 amide bonds. The molecule has 0 aromatic carbocycles. The molecular formula is C15H21N5O3S. The molecule has 1 aliphatic heterocycles. The van der Waals surface area contributed by atoms with E-state index in [1.165, 1.54) is 10.6 Å². The van der Waals surface area contributed by atoms with Gasteiger partial charge in [-0.2, -0.15) is 5.10 Å². The Morgan fingerprint density at radius 2 is 2.04 bits per heavy atom. The third kappa shape index (κ3) is 3.13. The number of nitrogens with one attached hydrogen (secondary N) is 1. The average molecular weight is 351 g/mol. The first-order valence-electron chi connectivity index (χ1n) is 7.80. The van der Waals surface area contributed by atoms with Gasteiger partial charge in [-0.05, 0) is 25.8 Å². The summed E-state index contributed by atoms with van der Waals surface area (Å²) < 4.78 is 24.7. The van der Waals surface area contributed by atoms with Gasteiger partial charge in [-0.3, -0.25) is 9.89 Å². The number of nitrogens with zero attached hydrogens (tertiary/aromatic N) is 4. The van der Waals surface area contributed by atoms with Crippen molar-refractivity contribution in [3.63, 3.8) is 0 Å². The molecule has 3 heterocycles. The maximum atomic E-state index is 12.7. The van der Waals surface area contributed by atoms with Gasteiger partial charge in [-0.1, -0.05) is 0 Å². The monoisotopic (exact) mass is 351 g/mol. The zero-order valence-corrected chi connectivity index (χ0v) is 14.8. The van der Waals surface area contributed by atoms with Crippen molar-refractivity contribution < 1.29 is 13.2 Å². The summed E-state index contributed by atoms with van der Waals surface area (Å²) in [7, 11) is -1.61. The van der Waals surface area contributed by atoms with E-state index in [1.54, 1.807) is 24.2 Å². The molecule has 9 heteroatoms. The van der Waals surface area contributed by atoms with Crippen LogP contribution in [0.25, 0.3) is 11.0 Å². The zero-order chi connectivity index (χ0) is 17.5. The highest BCUT2D eigenvalue weighted by atomic mass is 32.2. The zero-order valence-electron chi connectivity index (χ0n) is 14.0. The Morgan fingerprint density at radius 1 is 1.38 bits per heavy atom. The number of piperidine rings is 1. The summed E-state index contributed by atoms with van der Waals surface area (Å²) in [5.74, 6) is -0.0783. The maximum Gasteiger partial charge on any atom is 0.255 e. The second-order valence-electron chi connectivity index (χ2n) is 6.25. The maximum absolute atomic E-state index is 12.7. The minimum Gasteiger partial charge on any atom is -0.338 e. The number of pyridine rings is 1. The molecule has 130 valence electrons. The number of likely N-dealkylation sites (tertiary alicyclic amines) is 1. The van der Waals surface area contributed by atoms with Crippen LogP contribution in [0.4, 0.5) is 0 Å². The number of hydrogen-bond acceptors (Lipinski definition) is 5. The Hall–Kier alpha value is -2.00. The molecule has 1 aliphatic rings. The van der Waals surface area contributed by atoms with Gasteiger partial charge in [0.1, 0.15) is 0 Å². The van der Waals surface area contributed by atoms with E-state index >= 15 is 0 Å². The highest BCUT2D eigenvalue weighted by Crippen LogP contribution is 2.21. The number of carbonyl (C=O) groups is 1. The van der Waals surface area contributed by atoms with Crippen LogP contribution in [0.2, 0.25) is 0 Å². The van der Waals surface area contributed by atoms with Crippen LogP contribution in [-0.2, 0) is 10.0 Å². The average Bonchev–Trinajstić information content (AvgIpc) is 2.93. The molecule has 0 bridgehead atoms. The first-order chi connectivity index (χ1) is 11.3. The van der Waals surface area contributed by atoms with Crippen molar-refractivity contribution >= 4 is 27.0 Å². The van der Waals surface area contributed by atoms with Crippen molar-refractivity contribution in [2.75, 3.05) is 26.4 Å². The first-order valence-corrected chi connectivity index (χ1v) is 9.65. The number of aromatic nitrogens is 3. The molecule has 1 N–H and O–H groups in total. The van der Waals surface area contributed by atoms with E-state index in [0.29, 0.717) is 37.1 Å². The number of fused-ring (bicyclic) bond motifs is 1. The van der Waals surface area contributed by atoms with Crippen molar-refractivity contribution in [2.24, 2.45) is 0 Å².